The second-order valence-electron chi connectivity index (χ2n) is 7.07. The molecular weight excluding hydrogens is 508 g/mol. The van der Waals surface area contributed by atoms with Gasteiger partial charge >= 0.3 is 6.18 Å². The molecule has 2 N–H and O–H groups in total. The van der Waals surface area contributed by atoms with Gasteiger partial charge in [0.1, 0.15) is 0 Å². The molecule has 0 aliphatic carbocycles. The third-order valence-corrected chi connectivity index (χ3v) is 4.72. The first-order valence-electron chi connectivity index (χ1n) is 9.49. The van der Waals surface area contributed by atoms with Gasteiger partial charge in [0.2, 0.25) is 0 Å². The number of aromatic nitrogens is 2. The van der Waals surface area contributed by atoms with Gasteiger partial charge in [-0.05, 0) is 26.0 Å². The van der Waals surface area contributed by atoms with Gasteiger partial charge in [-0.1, -0.05) is 30.3 Å². The molecule has 0 spiro atoms. The van der Waals surface area contributed by atoms with Crippen LogP contribution in [0.3, 0.4) is 0 Å². The van der Waals surface area contributed by atoms with Crippen LogP contribution in [0.2, 0.25) is 0 Å². The van der Waals surface area contributed by atoms with E-state index in [0.29, 0.717) is 18.5 Å². The van der Waals surface area contributed by atoms with Crippen molar-refractivity contribution < 1.29 is 13.2 Å². The predicted molar refractivity (Wildman–Crippen MR) is 124 cm³/mol. The highest BCUT2D eigenvalue weighted by Gasteiger charge is 2.36. The van der Waals surface area contributed by atoms with Crippen LogP contribution in [0.15, 0.2) is 41.5 Å². The Morgan fingerprint density at radius 3 is 2.50 bits per heavy atom. The molecule has 0 fully saturated rings. The van der Waals surface area contributed by atoms with E-state index in [0.717, 1.165) is 13.0 Å². The number of aryl methyl sites for hydroxylation is 1. The number of nitrogens with zero attached hydrogens (tertiary/aromatic N) is 4. The van der Waals surface area contributed by atoms with Crippen LogP contribution in [-0.4, -0.2) is 47.3 Å². The number of aliphatic imine (C=N–C) groups is 1. The summed E-state index contributed by atoms with van der Waals surface area (Å²) in [7, 11) is 5.14. The summed E-state index contributed by atoms with van der Waals surface area (Å²) in [5.41, 5.74) is 0.460. The van der Waals surface area contributed by atoms with Gasteiger partial charge in [-0.25, -0.2) is 0 Å². The maximum atomic E-state index is 13.0. The summed E-state index contributed by atoms with van der Waals surface area (Å²) < 4.78 is 40.3. The minimum atomic E-state index is -4.48. The monoisotopic (exact) mass is 538 g/mol. The number of halogens is 4. The molecule has 2 rings (SSSR count). The summed E-state index contributed by atoms with van der Waals surface area (Å²) in [6.45, 7) is 3.65. The molecule has 0 aliphatic heterocycles. The highest BCUT2D eigenvalue weighted by atomic mass is 127. The van der Waals surface area contributed by atoms with Crippen molar-refractivity contribution >= 4 is 29.9 Å². The molecule has 30 heavy (non-hydrogen) atoms. The average Bonchev–Trinajstić information content (AvgIpc) is 3.06. The zero-order valence-electron chi connectivity index (χ0n) is 17.7. The van der Waals surface area contributed by atoms with Crippen molar-refractivity contribution in [2.45, 2.75) is 38.7 Å². The Kier molecular flexibility index (Phi) is 10.6. The number of guanidine groups is 1. The van der Waals surface area contributed by atoms with Gasteiger partial charge in [0.25, 0.3) is 0 Å². The molecule has 1 heterocycles. The van der Waals surface area contributed by atoms with Crippen molar-refractivity contribution in [3.8, 4) is 0 Å². The van der Waals surface area contributed by atoms with E-state index in [-0.39, 0.29) is 36.1 Å². The standard InChI is InChI=1S/C20H29F3N6.HI/c1-15(28(3)13-16-8-6-5-7-9-16)10-11-25-19(24-2)26-12-17-14-29(4)27-18(17)20(21,22)23;/h5-9,14-15H,10-13H2,1-4H3,(H2,24,25,26);1H. The summed E-state index contributed by atoms with van der Waals surface area (Å²) in [6.07, 6.45) is -2.25. The molecule has 6 nitrogen and oxygen atoms in total. The minimum absolute atomic E-state index is 0. The Morgan fingerprint density at radius 1 is 1.23 bits per heavy atom. The molecule has 1 aromatic heterocycles. The molecule has 0 saturated carbocycles. The number of benzene rings is 1. The molecule has 1 aromatic carbocycles. The summed E-state index contributed by atoms with van der Waals surface area (Å²) in [6, 6.07) is 10.6. The van der Waals surface area contributed by atoms with Gasteiger partial charge in [0, 0.05) is 51.5 Å². The topological polar surface area (TPSA) is 57.5 Å². The highest BCUT2D eigenvalue weighted by molar-refractivity contribution is 14.0. The molecule has 1 unspecified atom stereocenters. The fraction of sp³-hybridized carbons (Fsp3) is 0.500. The largest absolute Gasteiger partial charge is 0.435 e. The van der Waals surface area contributed by atoms with Crippen LogP contribution >= 0.6 is 24.0 Å². The van der Waals surface area contributed by atoms with E-state index in [1.54, 1.807) is 7.05 Å². The average molecular weight is 538 g/mol. The lowest BCUT2D eigenvalue weighted by Crippen LogP contribution is -2.39. The van der Waals surface area contributed by atoms with E-state index in [1.807, 2.05) is 18.2 Å². The third kappa shape index (κ3) is 8.13. The zero-order chi connectivity index (χ0) is 21.4. The van der Waals surface area contributed by atoms with Crippen molar-refractivity contribution in [1.82, 2.24) is 25.3 Å². The van der Waals surface area contributed by atoms with Crippen molar-refractivity contribution in [2.24, 2.45) is 12.0 Å². The molecule has 10 heteroatoms. The van der Waals surface area contributed by atoms with Crippen molar-refractivity contribution in [2.75, 3.05) is 20.6 Å². The minimum Gasteiger partial charge on any atom is -0.356 e. The van der Waals surface area contributed by atoms with Gasteiger partial charge in [0.15, 0.2) is 11.7 Å². The predicted octanol–water partition coefficient (Wildman–Crippen LogP) is 3.63. The Bertz CT molecular complexity index is 792. The number of alkyl halides is 3. The lowest BCUT2D eigenvalue weighted by Gasteiger charge is -2.25. The number of hydrogen-bond acceptors (Lipinski definition) is 3. The lowest BCUT2D eigenvalue weighted by molar-refractivity contribution is -0.142. The van der Waals surface area contributed by atoms with Gasteiger partial charge in [-0.2, -0.15) is 18.3 Å². The van der Waals surface area contributed by atoms with Crippen molar-refractivity contribution in [3.05, 3.63) is 53.3 Å². The van der Waals surface area contributed by atoms with E-state index < -0.39 is 11.9 Å². The maximum absolute atomic E-state index is 13.0. The van der Waals surface area contributed by atoms with E-state index in [1.165, 1.54) is 23.5 Å². The van der Waals surface area contributed by atoms with Crippen LogP contribution in [0.4, 0.5) is 13.2 Å². The van der Waals surface area contributed by atoms with Gasteiger partial charge in [-0.3, -0.25) is 14.6 Å². The molecule has 2 aromatic rings. The molecule has 168 valence electrons. The van der Waals surface area contributed by atoms with Crippen LogP contribution in [-0.2, 0) is 26.3 Å². The number of hydrogen-bond donors (Lipinski definition) is 2. The molecule has 0 saturated heterocycles. The second-order valence-corrected chi connectivity index (χ2v) is 7.07. The Hall–Kier alpha value is -1.82. The molecule has 0 radical (unpaired) electrons. The van der Waals surface area contributed by atoms with Crippen LogP contribution in [0, 0.1) is 0 Å². The van der Waals surface area contributed by atoms with Gasteiger partial charge in [-0.15, -0.1) is 24.0 Å². The van der Waals surface area contributed by atoms with Crippen LogP contribution in [0.5, 0.6) is 0 Å². The van der Waals surface area contributed by atoms with E-state index >= 15 is 0 Å². The Balaban J connectivity index is 0.00000450. The summed E-state index contributed by atoms with van der Waals surface area (Å²) >= 11 is 0. The van der Waals surface area contributed by atoms with Gasteiger partial charge < -0.3 is 10.6 Å². The lowest BCUT2D eigenvalue weighted by atomic mass is 10.1. The van der Waals surface area contributed by atoms with E-state index in [9.17, 15) is 13.2 Å². The smallest absolute Gasteiger partial charge is 0.356 e. The van der Waals surface area contributed by atoms with Crippen LogP contribution < -0.4 is 10.6 Å². The fourth-order valence-electron chi connectivity index (χ4n) is 2.95. The highest BCUT2D eigenvalue weighted by Crippen LogP contribution is 2.30. The number of nitrogens with one attached hydrogen (secondary N) is 2. The third-order valence-electron chi connectivity index (χ3n) is 4.72. The van der Waals surface area contributed by atoms with E-state index in [2.05, 4.69) is 51.7 Å². The van der Waals surface area contributed by atoms with E-state index in [4.69, 9.17) is 0 Å². The molecule has 0 amide bonds. The normalized spacial score (nSPS) is 13.1. The maximum Gasteiger partial charge on any atom is 0.435 e. The van der Waals surface area contributed by atoms with Crippen LogP contribution in [0.1, 0.15) is 30.2 Å². The first-order chi connectivity index (χ1) is 13.7. The van der Waals surface area contributed by atoms with Crippen molar-refractivity contribution in [1.29, 1.82) is 0 Å². The van der Waals surface area contributed by atoms with Crippen LogP contribution in [0.25, 0.3) is 0 Å². The molecule has 0 bridgehead atoms. The SMILES string of the molecule is CN=C(NCCC(C)N(C)Cc1ccccc1)NCc1cn(C)nc1C(F)(F)F.I. The molecule has 0 aliphatic rings. The quantitative estimate of drug-likeness (QED) is 0.306. The Labute approximate surface area is 193 Å². The Morgan fingerprint density at radius 2 is 1.90 bits per heavy atom. The van der Waals surface area contributed by atoms with Crippen molar-refractivity contribution in [3.63, 3.8) is 0 Å². The summed E-state index contributed by atoms with van der Waals surface area (Å²) in [5, 5.41) is 9.60. The first-order valence-corrected chi connectivity index (χ1v) is 9.49. The fourth-order valence-corrected chi connectivity index (χ4v) is 2.95. The molecular formula is C20H30F3IN6. The second kappa shape index (κ2) is 12.1. The summed E-state index contributed by atoms with van der Waals surface area (Å²) in [5.74, 6) is 0.458. The molecule has 1 atom stereocenters. The zero-order valence-corrected chi connectivity index (χ0v) is 20.0. The van der Waals surface area contributed by atoms with Gasteiger partial charge in [0.05, 0.1) is 0 Å². The number of rotatable bonds is 8. The summed E-state index contributed by atoms with van der Waals surface area (Å²) in [4.78, 5) is 6.35. The first kappa shape index (κ1) is 26.2.